The summed E-state index contributed by atoms with van der Waals surface area (Å²) in [5.41, 5.74) is 1.22. The Kier molecular flexibility index (Phi) is 6.78. The summed E-state index contributed by atoms with van der Waals surface area (Å²) in [5, 5.41) is 4.72. The minimum atomic E-state index is -3.77. The fraction of sp³-hybridized carbons (Fsp3) is 0.158. The van der Waals surface area contributed by atoms with E-state index < -0.39 is 10.0 Å². The van der Waals surface area contributed by atoms with Crippen LogP contribution in [0, 0.1) is 0 Å². The maximum absolute atomic E-state index is 12.5. The maximum Gasteiger partial charge on any atom is 0.263 e. The Morgan fingerprint density at radius 2 is 1.90 bits per heavy atom. The van der Waals surface area contributed by atoms with Gasteiger partial charge in [-0.15, -0.1) is 23.1 Å². The Hall–Kier alpha value is -2.56. The van der Waals surface area contributed by atoms with Crippen molar-refractivity contribution in [1.82, 2.24) is 4.98 Å². The molecule has 7 nitrogen and oxygen atoms in total. The fourth-order valence-electron chi connectivity index (χ4n) is 2.47. The zero-order valence-electron chi connectivity index (χ0n) is 15.7. The molecule has 0 aliphatic rings. The lowest BCUT2D eigenvalue weighted by molar-refractivity contribution is -0.115. The third-order valence-corrected chi connectivity index (χ3v) is 6.95. The van der Waals surface area contributed by atoms with Gasteiger partial charge in [-0.2, -0.15) is 0 Å². The number of benzene rings is 2. The number of carbonyl (C=O) groups is 1. The maximum atomic E-state index is 12.5. The molecule has 0 saturated heterocycles. The zero-order valence-corrected chi connectivity index (χ0v) is 18.2. The van der Waals surface area contributed by atoms with Crippen molar-refractivity contribution in [2.45, 2.75) is 16.2 Å². The average molecular weight is 450 g/mol. The summed E-state index contributed by atoms with van der Waals surface area (Å²) < 4.78 is 32.4. The molecule has 2 aromatic carbocycles. The normalized spacial score (nSPS) is 11.1. The van der Waals surface area contributed by atoms with Crippen LogP contribution < -0.4 is 14.8 Å². The molecule has 0 fully saturated rings. The van der Waals surface area contributed by atoms with E-state index in [2.05, 4.69) is 15.0 Å². The molecule has 2 N–H and O–H groups in total. The van der Waals surface area contributed by atoms with E-state index in [9.17, 15) is 13.2 Å². The third-order valence-electron chi connectivity index (χ3n) is 3.87. The molecule has 1 heterocycles. The second kappa shape index (κ2) is 9.29. The predicted molar refractivity (Wildman–Crippen MR) is 116 cm³/mol. The number of hydrogen-bond donors (Lipinski definition) is 2. The topological polar surface area (TPSA) is 97.4 Å². The first kappa shape index (κ1) is 21.2. The van der Waals surface area contributed by atoms with Crippen molar-refractivity contribution in [3.63, 3.8) is 0 Å². The Bertz CT molecular complexity index is 1100. The summed E-state index contributed by atoms with van der Waals surface area (Å²) in [4.78, 5) is 17.6. The van der Waals surface area contributed by atoms with Gasteiger partial charge in [0.05, 0.1) is 29.8 Å². The summed E-state index contributed by atoms with van der Waals surface area (Å²) >= 11 is 2.67. The van der Waals surface area contributed by atoms with E-state index in [4.69, 9.17) is 4.74 Å². The summed E-state index contributed by atoms with van der Waals surface area (Å²) in [6.45, 7) is 0. The second-order valence-corrected chi connectivity index (χ2v) is 9.24. The van der Waals surface area contributed by atoms with E-state index in [1.54, 1.807) is 29.3 Å². The number of anilines is 2. The molecule has 0 radical (unpaired) electrons. The molecule has 3 aromatic rings. The van der Waals surface area contributed by atoms with Crippen LogP contribution in [0.2, 0.25) is 0 Å². The largest absolute Gasteiger partial charge is 0.497 e. The number of sulfonamides is 1. The lowest BCUT2D eigenvalue weighted by Gasteiger charge is -2.08. The highest BCUT2D eigenvalue weighted by Gasteiger charge is 2.17. The molecular formula is C19H19N3O4S3. The number of para-hydroxylation sites is 1. The van der Waals surface area contributed by atoms with Gasteiger partial charge in [-0.25, -0.2) is 13.4 Å². The molecule has 0 unspecified atom stereocenters. The molecule has 1 amide bonds. The van der Waals surface area contributed by atoms with Gasteiger partial charge < -0.3 is 10.1 Å². The van der Waals surface area contributed by atoms with Crippen LogP contribution in [-0.2, 0) is 21.2 Å². The standard InChI is InChI=1S/C19H19N3O4S3/c1-26-14-7-9-15(10-8-14)29(24,25)22-19-20-13(12-28-19)11-18(23)21-16-5-3-4-6-17(16)27-2/h3-10,12H,11H2,1-2H3,(H,20,22)(H,21,23). The lowest BCUT2D eigenvalue weighted by atomic mass is 10.3. The summed E-state index contributed by atoms with van der Waals surface area (Å²) in [5.74, 6) is 0.343. The molecule has 3 rings (SSSR count). The SMILES string of the molecule is COc1ccc(S(=O)(=O)Nc2nc(CC(=O)Nc3ccccc3SC)cs2)cc1. The number of methoxy groups -OCH3 is 1. The predicted octanol–water partition coefficient (Wildman–Crippen LogP) is 3.86. The fourth-order valence-corrected chi connectivity index (χ4v) is 4.99. The van der Waals surface area contributed by atoms with Crippen molar-refractivity contribution in [2.75, 3.05) is 23.4 Å². The molecule has 29 heavy (non-hydrogen) atoms. The van der Waals surface area contributed by atoms with Crippen LogP contribution in [0.3, 0.4) is 0 Å². The number of rotatable bonds is 8. The molecular weight excluding hydrogens is 430 g/mol. The number of thioether (sulfide) groups is 1. The first-order valence-corrected chi connectivity index (χ1v) is 12.0. The van der Waals surface area contributed by atoms with Crippen LogP contribution in [0.1, 0.15) is 5.69 Å². The van der Waals surface area contributed by atoms with E-state index in [1.165, 1.54) is 19.2 Å². The quantitative estimate of drug-likeness (QED) is 0.507. The highest BCUT2D eigenvalue weighted by Crippen LogP contribution is 2.25. The van der Waals surface area contributed by atoms with Gasteiger partial charge in [0.25, 0.3) is 10.0 Å². The molecule has 152 valence electrons. The Morgan fingerprint density at radius 1 is 1.17 bits per heavy atom. The molecule has 0 atom stereocenters. The number of aromatic nitrogens is 1. The van der Waals surface area contributed by atoms with Crippen LogP contribution in [0.5, 0.6) is 5.75 Å². The van der Waals surface area contributed by atoms with Crippen LogP contribution in [0.25, 0.3) is 0 Å². The summed E-state index contributed by atoms with van der Waals surface area (Å²) in [6, 6.07) is 13.6. The number of ether oxygens (including phenoxy) is 1. The minimum Gasteiger partial charge on any atom is -0.497 e. The van der Waals surface area contributed by atoms with Crippen molar-refractivity contribution in [3.05, 3.63) is 59.6 Å². The summed E-state index contributed by atoms with van der Waals surface area (Å²) in [7, 11) is -2.26. The number of nitrogens with one attached hydrogen (secondary N) is 2. The highest BCUT2D eigenvalue weighted by molar-refractivity contribution is 7.98. The molecule has 0 spiro atoms. The van der Waals surface area contributed by atoms with Gasteiger partial charge in [-0.3, -0.25) is 9.52 Å². The van der Waals surface area contributed by atoms with Gasteiger partial charge in [0.15, 0.2) is 5.13 Å². The number of hydrogen-bond acceptors (Lipinski definition) is 7. The van der Waals surface area contributed by atoms with E-state index >= 15 is 0 Å². The van der Waals surface area contributed by atoms with Crippen molar-refractivity contribution in [1.29, 1.82) is 0 Å². The molecule has 0 bridgehead atoms. The third kappa shape index (κ3) is 5.49. The van der Waals surface area contributed by atoms with Gasteiger partial charge in [-0.05, 0) is 42.7 Å². The smallest absolute Gasteiger partial charge is 0.263 e. The van der Waals surface area contributed by atoms with E-state index in [0.29, 0.717) is 11.4 Å². The van der Waals surface area contributed by atoms with Gasteiger partial charge >= 0.3 is 0 Å². The first-order chi connectivity index (χ1) is 13.9. The Labute approximate surface area is 177 Å². The Balaban J connectivity index is 1.64. The number of carbonyl (C=O) groups excluding carboxylic acids is 1. The van der Waals surface area contributed by atoms with Crippen molar-refractivity contribution >= 4 is 49.8 Å². The molecule has 0 saturated carbocycles. The first-order valence-electron chi connectivity index (χ1n) is 8.45. The second-order valence-electron chi connectivity index (χ2n) is 5.85. The van der Waals surface area contributed by atoms with Gasteiger partial charge in [0.1, 0.15) is 5.75 Å². The summed E-state index contributed by atoms with van der Waals surface area (Å²) in [6.07, 6.45) is 1.98. The number of nitrogens with zero attached hydrogens (tertiary/aromatic N) is 1. The highest BCUT2D eigenvalue weighted by atomic mass is 32.2. The monoisotopic (exact) mass is 449 g/mol. The molecule has 0 aliphatic heterocycles. The number of amides is 1. The average Bonchev–Trinajstić information content (AvgIpc) is 3.14. The van der Waals surface area contributed by atoms with Crippen LogP contribution >= 0.6 is 23.1 Å². The minimum absolute atomic E-state index is 0.0451. The van der Waals surface area contributed by atoms with E-state index in [-0.39, 0.29) is 22.4 Å². The van der Waals surface area contributed by atoms with Crippen molar-refractivity contribution < 1.29 is 17.9 Å². The van der Waals surface area contributed by atoms with Crippen LogP contribution in [-0.4, -0.2) is 32.7 Å². The molecule has 0 aliphatic carbocycles. The van der Waals surface area contributed by atoms with E-state index in [0.717, 1.165) is 21.9 Å². The van der Waals surface area contributed by atoms with E-state index in [1.807, 2.05) is 30.5 Å². The Morgan fingerprint density at radius 3 is 2.59 bits per heavy atom. The molecule has 1 aromatic heterocycles. The van der Waals surface area contributed by atoms with Crippen molar-refractivity contribution in [3.8, 4) is 5.75 Å². The van der Waals surface area contributed by atoms with Crippen LogP contribution in [0.15, 0.2) is 63.7 Å². The molecule has 10 heteroatoms. The lowest BCUT2D eigenvalue weighted by Crippen LogP contribution is -2.15. The zero-order chi connectivity index (χ0) is 20.9. The van der Waals surface area contributed by atoms with Gasteiger partial charge in [0, 0.05) is 10.3 Å². The number of thiazole rings is 1. The van der Waals surface area contributed by atoms with Crippen molar-refractivity contribution in [2.24, 2.45) is 0 Å². The van der Waals surface area contributed by atoms with Gasteiger partial charge in [0.2, 0.25) is 5.91 Å². The van der Waals surface area contributed by atoms with Gasteiger partial charge in [-0.1, -0.05) is 12.1 Å². The van der Waals surface area contributed by atoms with Crippen LogP contribution in [0.4, 0.5) is 10.8 Å².